The molecule has 0 spiro atoms. The van der Waals surface area contributed by atoms with Gasteiger partial charge in [-0.05, 0) is 48.1 Å². The molecule has 3 aliphatic rings. The summed E-state index contributed by atoms with van der Waals surface area (Å²) in [6, 6.07) is 16.0. The van der Waals surface area contributed by atoms with Gasteiger partial charge in [-0.2, -0.15) is 0 Å². The highest BCUT2D eigenvalue weighted by atomic mass is 79.9. The average Bonchev–Trinajstić information content (AvgIpc) is 3.42. The summed E-state index contributed by atoms with van der Waals surface area (Å²) in [7, 11) is 0. The van der Waals surface area contributed by atoms with E-state index in [9.17, 15) is 14.4 Å². The Morgan fingerprint density at radius 2 is 1.57 bits per heavy atom. The molecule has 2 aromatic carbocycles. The van der Waals surface area contributed by atoms with E-state index >= 15 is 0 Å². The molecule has 6 heteroatoms. The molecule has 30 heavy (non-hydrogen) atoms. The lowest BCUT2D eigenvalue weighted by Gasteiger charge is -2.28. The number of benzene rings is 2. The summed E-state index contributed by atoms with van der Waals surface area (Å²) in [5.74, 6) is -0.766. The van der Waals surface area contributed by atoms with E-state index < -0.39 is 6.04 Å². The number of imide groups is 1. The molecule has 3 amide bonds. The molecule has 5 unspecified atom stereocenters. The molecule has 2 fully saturated rings. The van der Waals surface area contributed by atoms with Gasteiger partial charge < -0.3 is 5.32 Å². The maximum Gasteiger partial charge on any atom is 0.234 e. The van der Waals surface area contributed by atoms with Crippen LogP contribution in [0.15, 0.2) is 71.2 Å². The molecule has 5 rings (SSSR count). The second-order valence-corrected chi connectivity index (χ2v) is 9.15. The molecule has 1 heterocycles. The molecule has 5 nitrogen and oxygen atoms in total. The van der Waals surface area contributed by atoms with Crippen molar-refractivity contribution in [2.24, 2.45) is 23.7 Å². The lowest BCUT2D eigenvalue weighted by Crippen LogP contribution is -2.38. The van der Waals surface area contributed by atoms with Crippen molar-refractivity contribution in [3.05, 3.63) is 76.8 Å². The van der Waals surface area contributed by atoms with Crippen LogP contribution in [0.4, 0.5) is 5.69 Å². The van der Waals surface area contributed by atoms with Gasteiger partial charge in [0.05, 0.1) is 24.3 Å². The second kappa shape index (κ2) is 7.51. The average molecular weight is 465 g/mol. The number of hydrogen-bond donors (Lipinski definition) is 1. The number of anilines is 1. The summed E-state index contributed by atoms with van der Waals surface area (Å²) in [5, 5.41) is 2.88. The summed E-state index contributed by atoms with van der Waals surface area (Å²) >= 11 is 3.43. The maximum absolute atomic E-state index is 13.3. The third kappa shape index (κ3) is 3.19. The fourth-order valence-corrected chi connectivity index (χ4v) is 5.45. The minimum Gasteiger partial charge on any atom is -0.326 e. The number of likely N-dealkylation sites (tertiary alicyclic amines) is 1. The Bertz CT molecular complexity index is 1000. The molecule has 0 aromatic heterocycles. The number of halogens is 1. The highest BCUT2D eigenvalue weighted by molar-refractivity contribution is 9.10. The second-order valence-electron chi connectivity index (χ2n) is 8.23. The molecule has 2 bridgehead atoms. The molecule has 2 aromatic rings. The molecular weight excluding hydrogens is 444 g/mol. The van der Waals surface area contributed by atoms with Crippen LogP contribution in [-0.2, 0) is 14.4 Å². The molecule has 1 saturated heterocycles. The smallest absolute Gasteiger partial charge is 0.234 e. The van der Waals surface area contributed by atoms with Crippen molar-refractivity contribution < 1.29 is 14.4 Å². The van der Waals surface area contributed by atoms with Crippen LogP contribution < -0.4 is 5.32 Å². The number of carbonyl (C=O) groups excluding carboxylic acids is 3. The third-order valence-electron chi connectivity index (χ3n) is 6.51. The molecular formula is C24H21BrN2O3. The van der Waals surface area contributed by atoms with Crippen LogP contribution in [-0.4, -0.2) is 22.6 Å². The van der Waals surface area contributed by atoms with Gasteiger partial charge in [0, 0.05) is 10.2 Å². The first-order valence-electron chi connectivity index (χ1n) is 10.2. The highest BCUT2D eigenvalue weighted by Gasteiger charge is 2.60. The van der Waals surface area contributed by atoms with Gasteiger partial charge >= 0.3 is 0 Å². The largest absolute Gasteiger partial charge is 0.326 e. The van der Waals surface area contributed by atoms with Gasteiger partial charge in [0.15, 0.2) is 0 Å². The van der Waals surface area contributed by atoms with Crippen LogP contribution in [0.5, 0.6) is 0 Å². The van der Waals surface area contributed by atoms with Crippen molar-refractivity contribution in [1.29, 1.82) is 0 Å². The minimum absolute atomic E-state index is 0.0240. The standard InChI is InChI=1S/C24H21BrN2O3/c25-17-10-8-14(9-11-17)19(13-20(28)26-18-4-2-1-3-5-18)27-23(29)21-15-6-7-16(12-15)22(21)24(27)30/h1-11,15-16,19,21-22H,12-13H2,(H,26,28). The number of fused-ring (bicyclic) bond motifs is 5. The summed E-state index contributed by atoms with van der Waals surface area (Å²) in [4.78, 5) is 40.9. The van der Waals surface area contributed by atoms with E-state index in [1.54, 1.807) is 0 Å². The Morgan fingerprint density at radius 1 is 0.967 bits per heavy atom. The van der Waals surface area contributed by atoms with E-state index in [0.717, 1.165) is 16.5 Å². The van der Waals surface area contributed by atoms with Crippen molar-refractivity contribution >= 4 is 39.3 Å². The van der Waals surface area contributed by atoms with Gasteiger partial charge in [-0.15, -0.1) is 0 Å². The molecule has 1 saturated carbocycles. The van der Waals surface area contributed by atoms with Crippen LogP contribution in [0.1, 0.15) is 24.4 Å². The number of nitrogens with zero attached hydrogens (tertiary/aromatic N) is 1. The molecule has 0 radical (unpaired) electrons. The zero-order valence-electron chi connectivity index (χ0n) is 16.2. The lowest BCUT2D eigenvalue weighted by atomic mass is 9.85. The van der Waals surface area contributed by atoms with E-state index in [-0.39, 0.29) is 47.8 Å². The fraction of sp³-hybridized carbons (Fsp3) is 0.292. The van der Waals surface area contributed by atoms with Crippen LogP contribution in [0.3, 0.4) is 0 Å². The summed E-state index contributed by atoms with van der Waals surface area (Å²) in [5.41, 5.74) is 1.47. The number of nitrogens with one attached hydrogen (secondary N) is 1. The zero-order valence-corrected chi connectivity index (χ0v) is 17.8. The predicted octanol–water partition coefficient (Wildman–Crippen LogP) is 4.33. The number of para-hydroxylation sites is 1. The number of rotatable bonds is 5. The summed E-state index contributed by atoms with van der Waals surface area (Å²) in [6.45, 7) is 0. The number of amides is 3. The normalized spacial score (nSPS) is 27.4. The first-order valence-corrected chi connectivity index (χ1v) is 11.0. The number of carbonyl (C=O) groups is 3. The van der Waals surface area contributed by atoms with Crippen LogP contribution in [0.25, 0.3) is 0 Å². The first kappa shape index (κ1) is 19.2. The topological polar surface area (TPSA) is 66.5 Å². The number of allylic oxidation sites excluding steroid dienone is 2. The van der Waals surface area contributed by atoms with Crippen LogP contribution in [0.2, 0.25) is 0 Å². The van der Waals surface area contributed by atoms with E-state index in [4.69, 9.17) is 0 Å². The fourth-order valence-electron chi connectivity index (χ4n) is 5.18. The molecule has 1 N–H and O–H groups in total. The SMILES string of the molecule is O=C(CC(c1ccc(Br)cc1)N1C(=O)C2C3C=CC(C3)C2C1=O)Nc1ccccc1. The Hall–Kier alpha value is -2.73. The van der Waals surface area contributed by atoms with Gasteiger partial charge in [0.25, 0.3) is 0 Å². The molecule has 5 atom stereocenters. The van der Waals surface area contributed by atoms with Crippen molar-refractivity contribution in [3.63, 3.8) is 0 Å². The van der Waals surface area contributed by atoms with E-state index in [0.29, 0.717) is 5.69 Å². The lowest BCUT2D eigenvalue weighted by molar-refractivity contribution is -0.144. The summed E-state index contributed by atoms with van der Waals surface area (Å²) < 4.78 is 0.900. The quantitative estimate of drug-likeness (QED) is 0.528. The molecule has 1 aliphatic heterocycles. The molecule has 2 aliphatic carbocycles. The van der Waals surface area contributed by atoms with Crippen molar-refractivity contribution in [2.75, 3.05) is 5.32 Å². The van der Waals surface area contributed by atoms with Gasteiger partial charge in [0.2, 0.25) is 17.7 Å². The van der Waals surface area contributed by atoms with Gasteiger partial charge in [-0.1, -0.05) is 58.4 Å². The van der Waals surface area contributed by atoms with Crippen molar-refractivity contribution in [1.82, 2.24) is 4.90 Å². The Labute approximate surface area is 183 Å². The van der Waals surface area contributed by atoms with Gasteiger partial charge in [-0.25, -0.2) is 0 Å². The third-order valence-corrected chi connectivity index (χ3v) is 7.04. The first-order chi connectivity index (χ1) is 14.5. The predicted molar refractivity (Wildman–Crippen MR) is 116 cm³/mol. The van der Waals surface area contributed by atoms with E-state index in [1.165, 1.54) is 4.90 Å². The van der Waals surface area contributed by atoms with Crippen molar-refractivity contribution in [2.45, 2.75) is 18.9 Å². The molecule has 152 valence electrons. The Morgan fingerprint density at radius 3 is 2.17 bits per heavy atom. The maximum atomic E-state index is 13.3. The Balaban J connectivity index is 1.44. The Kier molecular flexibility index (Phi) is 4.82. The van der Waals surface area contributed by atoms with Crippen LogP contribution >= 0.6 is 15.9 Å². The minimum atomic E-state index is -0.619. The van der Waals surface area contributed by atoms with Gasteiger partial charge in [-0.3, -0.25) is 19.3 Å². The zero-order chi connectivity index (χ0) is 20.8. The summed E-state index contributed by atoms with van der Waals surface area (Å²) in [6.07, 6.45) is 5.07. The van der Waals surface area contributed by atoms with E-state index in [2.05, 4.69) is 33.4 Å². The number of hydrogen-bond acceptors (Lipinski definition) is 3. The van der Waals surface area contributed by atoms with Gasteiger partial charge in [0.1, 0.15) is 0 Å². The van der Waals surface area contributed by atoms with Crippen molar-refractivity contribution in [3.8, 4) is 0 Å². The van der Waals surface area contributed by atoms with Crippen LogP contribution in [0, 0.1) is 23.7 Å². The highest BCUT2D eigenvalue weighted by Crippen LogP contribution is 2.54. The van der Waals surface area contributed by atoms with E-state index in [1.807, 2.05) is 54.6 Å². The monoisotopic (exact) mass is 464 g/mol.